The number of piperidine rings is 1. The van der Waals surface area contributed by atoms with Gasteiger partial charge in [0.25, 0.3) is 5.69 Å². The molecule has 0 unspecified atom stereocenters. The summed E-state index contributed by atoms with van der Waals surface area (Å²) in [7, 11) is 0. The number of rotatable bonds is 4. The molecule has 1 fully saturated rings. The van der Waals surface area contributed by atoms with E-state index in [9.17, 15) is 19.3 Å². The molecule has 1 saturated heterocycles. The summed E-state index contributed by atoms with van der Waals surface area (Å²) in [5.74, 6) is -1.14. The Morgan fingerprint density at radius 3 is 2.71 bits per heavy atom. The third kappa shape index (κ3) is 3.02. The van der Waals surface area contributed by atoms with Crippen LogP contribution in [0.1, 0.15) is 26.2 Å². The first-order valence-corrected chi connectivity index (χ1v) is 6.95. The van der Waals surface area contributed by atoms with E-state index in [2.05, 4.69) is 10.6 Å². The SMILES string of the molecule is CCC1(C(=O)Nc2c(F)cccc2[N+](=O)[O-])CCNCC1. The Bertz CT molecular complexity index is 556. The van der Waals surface area contributed by atoms with Crippen LogP contribution >= 0.6 is 0 Å². The molecule has 1 aliphatic rings. The predicted octanol–water partition coefficient (Wildman–Crippen LogP) is 2.45. The Hall–Kier alpha value is -2.02. The van der Waals surface area contributed by atoms with Crippen molar-refractivity contribution in [3.8, 4) is 0 Å². The molecule has 0 atom stereocenters. The molecule has 0 spiro atoms. The van der Waals surface area contributed by atoms with Crippen molar-refractivity contribution in [3.63, 3.8) is 0 Å². The second-order valence-electron chi connectivity index (χ2n) is 5.23. The van der Waals surface area contributed by atoms with Crippen LogP contribution in [0.2, 0.25) is 0 Å². The van der Waals surface area contributed by atoms with Gasteiger partial charge >= 0.3 is 0 Å². The van der Waals surface area contributed by atoms with Crippen molar-refractivity contribution < 1.29 is 14.1 Å². The second-order valence-corrected chi connectivity index (χ2v) is 5.23. The van der Waals surface area contributed by atoms with Gasteiger partial charge in [-0.05, 0) is 38.4 Å². The summed E-state index contributed by atoms with van der Waals surface area (Å²) in [6.45, 7) is 3.32. The molecule has 0 radical (unpaired) electrons. The van der Waals surface area contributed by atoms with Crippen LogP contribution in [0.3, 0.4) is 0 Å². The van der Waals surface area contributed by atoms with E-state index in [1.807, 2.05) is 6.92 Å². The maximum Gasteiger partial charge on any atom is 0.295 e. The van der Waals surface area contributed by atoms with Crippen molar-refractivity contribution >= 4 is 17.3 Å². The maximum atomic E-state index is 13.8. The van der Waals surface area contributed by atoms with Crippen LogP contribution in [0.15, 0.2) is 18.2 Å². The summed E-state index contributed by atoms with van der Waals surface area (Å²) in [6.07, 6.45) is 1.89. The van der Waals surface area contributed by atoms with E-state index in [1.54, 1.807) is 0 Å². The smallest absolute Gasteiger partial charge is 0.295 e. The van der Waals surface area contributed by atoms with Crippen LogP contribution in [0.5, 0.6) is 0 Å². The number of hydrogen-bond donors (Lipinski definition) is 2. The van der Waals surface area contributed by atoms with Gasteiger partial charge in [0.2, 0.25) is 5.91 Å². The van der Waals surface area contributed by atoms with Crippen LogP contribution in [-0.4, -0.2) is 23.9 Å². The summed E-state index contributed by atoms with van der Waals surface area (Å²) in [4.78, 5) is 22.8. The number of benzene rings is 1. The van der Waals surface area contributed by atoms with E-state index in [1.165, 1.54) is 12.1 Å². The highest BCUT2D eigenvalue weighted by Crippen LogP contribution is 2.36. The standard InChI is InChI=1S/C14H18FN3O3/c1-2-14(6-8-16-9-7-14)13(19)17-12-10(15)4-3-5-11(12)18(20)21/h3-5,16H,2,6-9H2,1H3,(H,17,19). The normalized spacial score (nSPS) is 17.2. The van der Waals surface area contributed by atoms with Crippen molar-refractivity contribution in [1.82, 2.24) is 5.32 Å². The lowest BCUT2D eigenvalue weighted by Crippen LogP contribution is -2.44. The van der Waals surface area contributed by atoms with Crippen molar-refractivity contribution in [2.45, 2.75) is 26.2 Å². The third-order valence-electron chi connectivity index (χ3n) is 4.15. The number of hydrogen-bond acceptors (Lipinski definition) is 4. The number of anilines is 1. The van der Waals surface area contributed by atoms with Gasteiger partial charge in [-0.15, -0.1) is 0 Å². The zero-order chi connectivity index (χ0) is 15.5. The molecule has 2 rings (SSSR count). The lowest BCUT2D eigenvalue weighted by molar-refractivity contribution is -0.384. The number of amides is 1. The molecular formula is C14H18FN3O3. The predicted molar refractivity (Wildman–Crippen MR) is 76.5 cm³/mol. The molecule has 1 aliphatic heterocycles. The molecule has 0 aliphatic carbocycles. The number of nitrogens with zero attached hydrogens (tertiary/aromatic N) is 1. The minimum atomic E-state index is -0.794. The first-order valence-electron chi connectivity index (χ1n) is 6.95. The van der Waals surface area contributed by atoms with E-state index >= 15 is 0 Å². The van der Waals surface area contributed by atoms with Gasteiger partial charge in [-0.25, -0.2) is 4.39 Å². The Labute approximate surface area is 121 Å². The number of nitro groups is 1. The summed E-state index contributed by atoms with van der Waals surface area (Å²) < 4.78 is 13.8. The van der Waals surface area contributed by atoms with E-state index in [-0.39, 0.29) is 11.6 Å². The number of carbonyl (C=O) groups excluding carboxylic acids is 1. The minimum absolute atomic E-state index is 0.347. The van der Waals surface area contributed by atoms with Gasteiger partial charge in [0.1, 0.15) is 0 Å². The topological polar surface area (TPSA) is 84.3 Å². The zero-order valence-electron chi connectivity index (χ0n) is 11.8. The fourth-order valence-corrected chi connectivity index (χ4v) is 2.68. The molecule has 1 amide bonds. The highest BCUT2D eigenvalue weighted by atomic mass is 19.1. The van der Waals surface area contributed by atoms with E-state index < -0.39 is 21.8 Å². The fraction of sp³-hybridized carbons (Fsp3) is 0.500. The largest absolute Gasteiger partial charge is 0.317 e. The van der Waals surface area contributed by atoms with Crippen molar-refractivity contribution in [1.29, 1.82) is 0 Å². The molecule has 7 heteroatoms. The highest BCUT2D eigenvalue weighted by molar-refractivity contribution is 5.97. The molecule has 0 bridgehead atoms. The van der Waals surface area contributed by atoms with Crippen LogP contribution < -0.4 is 10.6 Å². The van der Waals surface area contributed by atoms with Crippen LogP contribution in [0.4, 0.5) is 15.8 Å². The van der Waals surface area contributed by atoms with Crippen molar-refractivity contribution in [2.75, 3.05) is 18.4 Å². The average molecular weight is 295 g/mol. The molecule has 0 saturated carbocycles. The molecule has 2 N–H and O–H groups in total. The summed E-state index contributed by atoms with van der Waals surface area (Å²) >= 11 is 0. The van der Waals surface area contributed by atoms with Crippen LogP contribution in [0, 0.1) is 21.3 Å². The lowest BCUT2D eigenvalue weighted by atomic mass is 9.76. The fourth-order valence-electron chi connectivity index (χ4n) is 2.68. The Morgan fingerprint density at radius 2 is 2.14 bits per heavy atom. The quantitative estimate of drug-likeness (QED) is 0.660. The second kappa shape index (κ2) is 6.17. The Kier molecular flexibility index (Phi) is 4.52. The van der Waals surface area contributed by atoms with Gasteiger partial charge in [0, 0.05) is 6.07 Å². The first kappa shape index (κ1) is 15.4. The van der Waals surface area contributed by atoms with Gasteiger partial charge in [0.15, 0.2) is 11.5 Å². The van der Waals surface area contributed by atoms with Gasteiger partial charge in [-0.1, -0.05) is 13.0 Å². The number of nitrogens with one attached hydrogen (secondary N) is 2. The van der Waals surface area contributed by atoms with Crippen LogP contribution in [-0.2, 0) is 4.79 Å². The van der Waals surface area contributed by atoms with Crippen LogP contribution in [0.25, 0.3) is 0 Å². The summed E-state index contributed by atoms with van der Waals surface area (Å²) in [5, 5.41) is 16.6. The monoisotopic (exact) mass is 295 g/mol. The molecule has 114 valence electrons. The molecule has 0 aromatic heterocycles. The van der Waals surface area contributed by atoms with Crippen molar-refractivity contribution in [3.05, 3.63) is 34.1 Å². The molecule has 1 heterocycles. The highest BCUT2D eigenvalue weighted by Gasteiger charge is 2.38. The number of para-hydroxylation sites is 1. The van der Waals surface area contributed by atoms with Gasteiger partial charge in [-0.2, -0.15) is 0 Å². The summed E-state index contributed by atoms with van der Waals surface area (Å²) in [5.41, 5.74) is -1.37. The third-order valence-corrected chi connectivity index (χ3v) is 4.15. The summed E-state index contributed by atoms with van der Waals surface area (Å²) in [6, 6.07) is 3.53. The zero-order valence-corrected chi connectivity index (χ0v) is 11.8. The van der Waals surface area contributed by atoms with E-state index in [0.717, 1.165) is 6.07 Å². The van der Waals surface area contributed by atoms with E-state index in [0.29, 0.717) is 32.4 Å². The number of carbonyl (C=O) groups is 1. The Balaban J connectivity index is 2.29. The van der Waals surface area contributed by atoms with Crippen molar-refractivity contribution in [2.24, 2.45) is 5.41 Å². The average Bonchev–Trinajstić information content (AvgIpc) is 2.49. The Morgan fingerprint density at radius 1 is 1.48 bits per heavy atom. The molecular weight excluding hydrogens is 277 g/mol. The molecule has 1 aromatic carbocycles. The number of halogens is 1. The molecule has 21 heavy (non-hydrogen) atoms. The van der Waals surface area contributed by atoms with Gasteiger partial charge < -0.3 is 10.6 Å². The van der Waals surface area contributed by atoms with Gasteiger partial charge in [0.05, 0.1) is 10.3 Å². The minimum Gasteiger partial charge on any atom is -0.317 e. The maximum absolute atomic E-state index is 13.8. The number of nitro benzene ring substituents is 1. The van der Waals surface area contributed by atoms with Gasteiger partial charge in [-0.3, -0.25) is 14.9 Å². The molecule has 6 nitrogen and oxygen atoms in total. The first-order chi connectivity index (χ1) is 10.00. The molecule has 1 aromatic rings. The van der Waals surface area contributed by atoms with E-state index in [4.69, 9.17) is 0 Å². The lowest BCUT2D eigenvalue weighted by Gasteiger charge is -2.35.